The van der Waals surface area contributed by atoms with E-state index in [1.165, 1.54) is 12.1 Å². The average Bonchev–Trinajstić information content (AvgIpc) is 2.82. The molecule has 2 aromatic heterocycles. The number of rotatable bonds is 3. The van der Waals surface area contributed by atoms with Crippen molar-refractivity contribution in [2.24, 2.45) is 0 Å². The second kappa shape index (κ2) is 5.46. The number of nitrogens with zero attached hydrogens (tertiary/aromatic N) is 2. The number of aromatic nitrogens is 2. The van der Waals surface area contributed by atoms with Gasteiger partial charge in [0.1, 0.15) is 18.0 Å². The molecule has 20 heavy (non-hydrogen) atoms. The first-order valence-electron chi connectivity index (χ1n) is 6.02. The highest BCUT2D eigenvalue weighted by Crippen LogP contribution is 2.29. The molecule has 2 heterocycles. The van der Waals surface area contributed by atoms with Crippen LogP contribution in [0, 0.1) is 12.7 Å². The van der Waals surface area contributed by atoms with E-state index in [9.17, 15) is 4.39 Å². The van der Waals surface area contributed by atoms with E-state index < -0.39 is 0 Å². The molecule has 0 aliphatic carbocycles. The Morgan fingerprint density at radius 2 is 2.20 bits per heavy atom. The molecule has 0 saturated heterocycles. The van der Waals surface area contributed by atoms with Crippen molar-refractivity contribution < 1.29 is 4.39 Å². The van der Waals surface area contributed by atoms with Gasteiger partial charge in [-0.3, -0.25) is 0 Å². The summed E-state index contributed by atoms with van der Waals surface area (Å²) in [6.45, 7) is 2.53. The maximum Gasteiger partial charge on any atom is 0.147 e. The lowest BCUT2D eigenvalue weighted by Gasteiger charge is -2.08. The summed E-state index contributed by atoms with van der Waals surface area (Å²) in [5.74, 6) is 0.536. The summed E-state index contributed by atoms with van der Waals surface area (Å²) in [5, 5.41) is 5.31. The highest BCUT2D eigenvalue weighted by Gasteiger charge is 2.08. The Morgan fingerprint density at radius 3 is 3.05 bits per heavy atom. The molecule has 1 N–H and O–H groups in total. The van der Waals surface area contributed by atoms with E-state index in [-0.39, 0.29) is 5.82 Å². The topological polar surface area (TPSA) is 37.8 Å². The van der Waals surface area contributed by atoms with Crippen LogP contribution >= 0.6 is 27.3 Å². The van der Waals surface area contributed by atoms with E-state index in [2.05, 4.69) is 36.6 Å². The first kappa shape index (κ1) is 13.5. The summed E-state index contributed by atoms with van der Waals surface area (Å²) in [7, 11) is 0. The smallest absolute Gasteiger partial charge is 0.147 e. The van der Waals surface area contributed by atoms with Crippen molar-refractivity contribution in [1.82, 2.24) is 9.97 Å². The van der Waals surface area contributed by atoms with Crippen molar-refractivity contribution in [3.63, 3.8) is 0 Å². The molecule has 0 unspecified atom stereocenters. The zero-order valence-electron chi connectivity index (χ0n) is 10.7. The lowest BCUT2D eigenvalue weighted by molar-refractivity contribution is 0.625. The summed E-state index contributed by atoms with van der Waals surface area (Å²) in [6.07, 6.45) is 1.55. The second-order valence-corrected chi connectivity index (χ2v) is 6.14. The lowest BCUT2D eigenvalue weighted by atomic mass is 10.2. The van der Waals surface area contributed by atoms with Crippen LogP contribution in [0.4, 0.5) is 10.2 Å². The lowest BCUT2D eigenvalue weighted by Crippen LogP contribution is -2.03. The van der Waals surface area contributed by atoms with Gasteiger partial charge in [-0.2, -0.15) is 0 Å². The van der Waals surface area contributed by atoms with Crippen LogP contribution in [0.5, 0.6) is 0 Å². The number of fused-ring (bicyclic) bond motifs is 1. The quantitative estimate of drug-likeness (QED) is 0.754. The zero-order chi connectivity index (χ0) is 14.1. The predicted octanol–water partition coefficient (Wildman–Crippen LogP) is 4.51. The highest BCUT2D eigenvalue weighted by atomic mass is 79.9. The van der Waals surface area contributed by atoms with Crippen LogP contribution in [-0.4, -0.2) is 9.97 Å². The van der Waals surface area contributed by atoms with Crippen molar-refractivity contribution in [1.29, 1.82) is 0 Å². The molecule has 0 bridgehead atoms. The van der Waals surface area contributed by atoms with Crippen LogP contribution in [0.3, 0.4) is 0 Å². The minimum atomic E-state index is -0.246. The molecule has 1 aromatic carbocycles. The van der Waals surface area contributed by atoms with Crippen LogP contribution in [0.1, 0.15) is 11.1 Å². The summed E-state index contributed by atoms with van der Waals surface area (Å²) in [5.41, 5.74) is 2.96. The molecule has 0 saturated carbocycles. The zero-order valence-corrected chi connectivity index (χ0v) is 13.1. The van der Waals surface area contributed by atoms with Crippen molar-refractivity contribution in [2.45, 2.75) is 13.5 Å². The first-order chi connectivity index (χ1) is 9.65. The van der Waals surface area contributed by atoms with Crippen LogP contribution in [0.25, 0.3) is 10.2 Å². The minimum absolute atomic E-state index is 0.246. The van der Waals surface area contributed by atoms with E-state index in [1.807, 2.05) is 6.92 Å². The van der Waals surface area contributed by atoms with E-state index in [1.54, 1.807) is 23.7 Å². The van der Waals surface area contributed by atoms with E-state index in [0.29, 0.717) is 6.54 Å². The molecule has 6 heteroatoms. The van der Waals surface area contributed by atoms with Gasteiger partial charge in [-0.25, -0.2) is 14.4 Å². The summed E-state index contributed by atoms with van der Waals surface area (Å²) >= 11 is 5.03. The van der Waals surface area contributed by atoms with Gasteiger partial charge in [-0.15, -0.1) is 11.3 Å². The van der Waals surface area contributed by atoms with Gasteiger partial charge in [-0.05, 0) is 41.6 Å². The molecular formula is C14H11BrFN3S. The fourth-order valence-corrected chi connectivity index (χ4v) is 3.31. The maximum atomic E-state index is 13.3. The van der Waals surface area contributed by atoms with Crippen LogP contribution in [0.15, 0.2) is 34.4 Å². The van der Waals surface area contributed by atoms with Gasteiger partial charge in [0.25, 0.3) is 0 Å². The van der Waals surface area contributed by atoms with E-state index >= 15 is 0 Å². The van der Waals surface area contributed by atoms with Gasteiger partial charge < -0.3 is 5.32 Å². The highest BCUT2D eigenvalue weighted by molar-refractivity contribution is 9.10. The van der Waals surface area contributed by atoms with Crippen molar-refractivity contribution in [3.05, 3.63) is 51.3 Å². The number of nitrogens with one attached hydrogen (secondary N) is 1. The van der Waals surface area contributed by atoms with Crippen LogP contribution in [-0.2, 0) is 6.54 Å². The molecule has 3 nitrogen and oxygen atoms in total. The largest absolute Gasteiger partial charge is 0.365 e. The number of hydrogen-bond acceptors (Lipinski definition) is 4. The molecule has 3 rings (SSSR count). The molecule has 102 valence electrons. The third-order valence-electron chi connectivity index (χ3n) is 2.98. The molecule has 0 aliphatic heterocycles. The summed E-state index contributed by atoms with van der Waals surface area (Å²) < 4.78 is 15.2. The Morgan fingerprint density at radius 1 is 1.35 bits per heavy atom. The van der Waals surface area contributed by atoms with Crippen LogP contribution < -0.4 is 5.32 Å². The van der Waals surface area contributed by atoms with Gasteiger partial charge in [0.05, 0.1) is 10.2 Å². The van der Waals surface area contributed by atoms with Gasteiger partial charge >= 0.3 is 0 Å². The predicted molar refractivity (Wildman–Crippen MR) is 83.6 cm³/mol. The van der Waals surface area contributed by atoms with Gasteiger partial charge in [0.2, 0.25) is 0 Å². The Labute approximate surface area is 128 Å². The molecule has 0 atom stereocenters. The Balaban J connectivity index is 1.88. The number of anilines is 1. The molecule has 0 aliphatic rings. The Bertz CT molecular complexity index is 772. The van der Waals surface area contributed by atoms with Crippen molar-refractivity contribution in [3.8, 4) is 0 Å². The summed E-state index contributed by atoms with van der Waals surface area (Å²) in [6, 6.07) is 4.64. The number of benzene rings is 1. The number of hydrogen-bond donors (Lipinski definition) is 1. The number of thiophene rings is 1. The third-order valence-corrected chi connectivity index (χ3v) is 4.85. The molecule has 3 aromatic rings. The molecule has 0 amide bonds. The minimum Gasteiger partial charge on any atom is -0.365 e. The first-order valence-corrected chi connectivity index (χ1v) is 7.69. The molecule has 0 spiro atoms. The molecular weight excluding hydrogens is 341 g/mol. The van der Waals surface area contributed by atoms with Crippen LogP contribution in [0.2, 0.25) is 0 Å². The van der Waals surface area contributed by atoms with Crippen molar-refractivity contribution in [2.75, 3.05) is 5.32 Å². The SMILES string of the molecule is Cc1csc2c(NCc3cc(F)ccc3Br)ncnc12. The fraction of sp³-hybridized carbons (Fsp3) is 0.143. The maximum absolute atomic E-state index is 13.3. The number of halogens is 2. The van der Waals surface area contributed by atoms with E-state index in [4.69, 9.17) is 0 Å². The standard InChI is InChI=1S/C14H11BrFN3S/c1-8-6-20-13-12(8)18-7-19-14(13)17-5-9-4-10(16)2-3-11(9)15/h2-4,6-7H,5H2,1H3,(H,17,18,19). The third kappa shape index (κ3) is 2.53. The second-order valence-electron chi connectivity index (χ2n) is 4.41. The Kier molecular flexibility index (Phi) is 3.67. The van der Waals surface area contributed by atoms with Gasteiger partial charge in [0, 0.05) is 11.0 Å². The van der Waals surface area contributed by atoms with Gasteiger partial charge in [0.15, 0.2) is 0 Å². The molecule has 0 radical (unpaired) electrons. The van der Waals surface area contributed by atoms with Gasteiger partial charge in [-0.1, -0.05) is 15.9 Å². The summed E-state index contributed by atoms with van der Waals surface area (Å²) in [4.78, 5) is 8.54. The Hall–Kier alpha value is -1.53. The molecule has 0 fully saturated rings. The monoisotopic (exact) mass is 351 g/mol. The average molecular weight is 352 g/mol. The van der Waals surface area contributed by atoms with E-state index in [0.717, 1.165) is 31.6 Å². The fourth-order valence-electron chi connectivity index (χ4n) is 1.95. The van der Waals surface area contributed by atoms with Crippen molar-refractivity contribution >= 4 is 43.3 Å². The number of aryl methyl sites for hydroxylation is 1. The normalized spacial score (nSPS) is 10.9.